The lowest BCUT2D eigenvalue weighted by atomic mass is 10.2. The first kappa shape index (κ1) is 26.1. The van der Waals surface area contributed by atoms with Crippen LogP contribution >= 0.6 is 0 Å². The zero-order chi connectivity index (χ0) is 28.5. The van der Waals surface area contributed by atoms with Gasteiger partial charge in [0.2, 0.25) is 11.9 Å². The van der Waals surface area contributed by atoms with Crippen molar-refractivity contribution in [2.75, 3.05) is 29.9 Å². The van der Waals surface area contributed by atoms with Crippen molar-refractivity contribution in [2.24, 2.45) is 7.05 Å². The van der Waals surface area contributed by atoms with Gasteiger partial charge >= 0.3 is 0 Å². The number of benzene rings is 2. The van der Waals surface area contributed by atoms with Gasteiger partial charge in [0.15, 0.2) is 5.82 Å². The number of anilines is 3. The Morgan fingerprint density at radius 2 is 1.98 bits per heavy atom. The number of aryl methyl sites for hydroxylation is 2. The number of amides is 1. The lowest BCUT2D eigenvalue weighted by molar-refractivity contribution is -0.127. The second-order valence-electron chi connectivity index (χ2n) is 10.1. The molecule has 5 aromatic rings. The monoisotopic (exact) mass is 550 g/mol. The Kier molecular flexibility index (Phi) is 6.88. The van der Waals surface area contributed by atoms with Crippen LogP contribution in [-0.4, -0.2) is 71.4 Å². The third kappa shape index (κ3) is 5.23. The molecule has 1 aliphatic heterocycles. The number of aromatic nitrogens is 7. The number of ether oxygens (including phenoxy) is 1. The number of carbonyl (C=O) groups is 1. The zero-order valence-electron chi connectivity index (χ0n) is 23.2. The van der Waals surface area contributed by atoms with Crippen molar-refractivity contribution in [1.29, 1.82) is 0 Å². The molecule has 12 heteroatoms. The van der Waals surface area contributed by atoms with Gasteiger partial charge in [-0.2, -0.15) is 0 Å². The van der Waals surface area contributed by atoms with E-state index in [9.17, 15) is 4.79 Å². The molecule has 0 unspecified atom stereocenters. The molecule has 4 heterocycles. The third-order valence-corrected chi connectivity index (χ3v) is 7.31. The first-order valence-corrected chi connectivity index (χ1v) is 13.4. The normalized spacial score (nSPS) is 15.6. The van der Waals surface area contributed by atoms with Crippen molar-refractivity contribution < 1.29 is 9.53 Å². The van der Waals surface area contributed by atoms with Gasteiger partial charge in [-0.1, -0.05) is 11.8 Å². The van der Waals surface area contributed by atoms with Crippen LogP contribution in [0.5, 0.6) is 11.5 Å². The summed E-state index contributed by atoms with van der Waals surface area (Å²) in [5, 5.41) is 11.6. The van der Waals surface area contributed by atoms with Crippen molar-refractivity contribution in [3.05, 3.63) is 67.1 Å². The summed E-state index contributed by atoms with van der Waals surface area (Å²) in [5.74, 6) is 2.52. The fourth-order valence-electron chi connectivity index (χ4n) is 4.98. The Bertz CT molecular complexity index is 1770. The molecule has 0 spiro atoms. The summed E-state index contributed by atoms with van der Waals surface area (Å²) in [7, 11) is 1.86. The van der Waals surface area contributed by atoms with E-state index in [2.05, 4.69) is 49.0 Å². The quantitative estimate of drug-likeness (QED) is 0.308. The van der Waals surface area contributed by atoms with Gasteiger partial charge in [0.25, 0.3) is 0 Å². The maximum atomic E-state index is 12.3. The maximum absolute atomic E-state index is 12.3. The number of carbonyl (C=O) groups excluding carboxylic acids is 1. The van der Waals surface area contributed by atoms with Crippen LogP contribution in [0, 0.1) is 6.92 Å². The van der Waals surface area contributed by atoms with Crippen LogP contribution in [0.15, 0.2) is 61.6 Å². The van der Waals surface area contributed by atoms with Crippen molar-refractivity contribution in [3.63, 3.8) is 0 Å². The average molecular weight is 551 g/mol. The smallest absolute Gasteiger partial charge is 0.246 e. The molecule has 1 fully saturated rings. The third-order valence-electron chi connectivity index (χ3n) is 7.31. The van der Waals surface area contributed by atoms with Crippen LogP contribution < -0.4 is 15.0 Å². The summed E-state index contributed by atoms with van der Waals surface area (Å²) in [6, 6.07) is 11.7. The van der Waals surface area contributed by atoms with Gasteiger partial charge in [-0.15, -0.1) is 5.10 Å². The summed E-state index contributed by atoms with van der Waals surface area (Å²) in [5.41, 5.74) is 4.74. The van der Waals surface area contributed by atoms with Gasteiger partial charge in [-0.3, -0.25) is 4.79 Å². The van der Waals surface area contributed by atoms with E-state index in [1.165, 1.54) is 12.4 Å². The molecule has 41 heavy (non-hydrogen) atoms. The Morgan fingerprint density at radius 3 is 2.80 bits per heavy atom. The molecule has 0 aliphatic carbocycles. The summed E-state index contributed by atoms with van der Waals surface area (Å²) in [4.78, 5) is 34.4. The summed E-state index contributed by atoms with van der Waals surface area (Å²) in [6.07, 6.45) is 5.37. The largest absolute Gasteiger partial charge is 0.457 e. The number of nitrogens with one attached hydrogen (secondary N) is 1. The van der Waals surface area contributed by atoms with E-state index < -0.39 is 0 Å². The Hall–Kier alpha value is -5.13. The van der Waals surface area contributed by atoms with Crippen molar-refractivity contribution in [2.45, 2.75) is 26.3 Å². The molecule has 1 N–H and O–H groups in total. The van der Waals surface area contributed by atoms with Gasteiger partial charge < -0.3 is 19.9 Å². The number of hydrogen-bond donors (Lipinski definition) is 1. The van der Waals surface area contributed by atoms with Crippen molar-refractivity contribution in [1.82, 2.24) is 39.8 Å². The molecular weight excluding hydrogens is 520 g/mol. The Labute approximate surface area is 236 Å². The van der Waals surface area contributed by atoms with E-state index in [0.29, 0.717) is 41.6 Å². The molecule has 208 valence electrons. The second kappa shape index (κ2) is 10.8. The highest BCUT2D eigenvalue weighted by Crippen LogP contribution is 2.31. The Morgan fingerprint density at radius 1 is 1.10 bits per heavy atom. The molecule has 0 radical (unpaired) electrons. The van der Waals surface area contributed by atoms with E-state index in [4.69, 9.17) is 9.72 Å². The van der Waals surface area contributed by atoms with E-state index in [1.807, 2.05) is 55.3 Å². The molecule has 1 atom stereocenters. The highest BCUT2D eigenvalue weighted by atomic mass is 16.5. The van der Waals surface area contributed by atoms with Gasteiger partial charge in [-0.05, 0) is 62.2 Å². The molecule has 2 aromatic carbocycles. The van der Waals surface area contributed by atoms with Crippen LogP contribution in [0.25, 0.3) is 22.1 Å². The van der Waals surface area contributed by atoms with E-state index in [0.717, 1.165) is 41.0 Å². The average Bonchev–Trinajstić information content (AvgIpc) is 3.23. The molecule has 0 bridgehead atoms. The van der Waals surface area contributed by atoms with Crippen LogP contribution in [0.1, 0.15) is 18.9 Å². The van der Waals surface area contributed by atoms with Gasteiger partial charge in [0, 0.05) is 44.5 Å². The fourth-order valence-corrected chi connectivity index (χ4v) is 4.98. The molecular formula is C29H30N10O2. The predicted octanol–water partition coefficient (Wildman–Crippen LogP) is 4.16. The summed E-state index contributed by atoms with van der Waals surface area (Å²) in [6.45, 7) is 9.60. The van der Waals surface area contributed by atoms with E-state index in [-0.39, 0.29) is 11.9 Å². The van der Waals surface area contributed by atoms with E-state index >= 15 is 0 Å². The van der Waals surface area contributed by atoms with Crippen LogP contribution in [0.3, 0.4) is 0 Å². The minimum atomic E-state index is -0.0584. The second-order valence-corrected chi connectivity index (χ2v) is 10.1. The van der Waals surface area contributed by atoms with Gasteiger partial charge in [0.1, 0.15) is 34.4 Å². The lowest BCUT2D eigenvalue weighted by Crippen LogP contribution is -2.38. The summed E-state index contributed by atoms with van der Waals surface area (Å²) < 4.78 is 7.87. The zero-order valence-corrected chi connectivity index (χ0v) is 23.2. The maximum Gasteiger partial charge on any atom is 0.246 e. The first-order valence-electron chi connectivity index (χ1n) is 13.4. The van der Waals surface area contributed by atoms with E-state index in [1.54, 1.807) is 10.9 Å². The Balaban J connectivity index is 1.22. The topological polar surface area (TPSA) is 127 Å². The predicted molar refractivity (Wildman–Crippen MR) is 156 cm³/mol. The van der Waals surface area contributed by atoms with Crippen LogP contribution in [-0.2, 0) is 11.8 Å². The first-order chi connectivity index (χ1) is 19.9. The van der Waals surface area contributed by atoms with Crippen LogP contribution in [0.2, 0.25) is 0 Å². The number of fused-ring (bicyclic) bond motifs is 2. The number of nitrogens with zero attached hydrogens (tertiary/aromatic N) is 9. The van der Waals surface area contributed by atoms with Gasteiger partial charge in [0.05, 0.1) is 11.7 Å². The van der Waals surface area contributed by atoms with Gasteiger partial charge in [-0.25, -0.2) is 24.6 Å². The number of rotatable bonds is 6. The summed E-state index contributed by atoms with van der Waals surface area (Å²) >= 11 is 0. The fraction of sp³-hybridized carbons (Fsp3) is 0.276. The number of hydrogen-bond acceptors (Lipinski definition) is 10. The molecule has 0 saturated carbocycles. The molecule has 1 saturated heterocycles. The molecule has 1 aliphatic rings. The molecule has 12 nitrogen and oxygen atoms in total. The minimum absolute atomic E-state index is 0.0584. The molecule has 6 rings (SSSR count). The molecule has 1 amide bonds. The van der Waals surface area contributed by atoms with Crippen molar-refractivity contribution in [3.8, 4) is 11.5 Å². The van der Waals surface area contributed by atoms with Crippen molar-refractivity contribution >= 4 is 45.4 Å². The highest BCUT2D eigenvalue weighted by molar-refractivity contribution is 5.88. The lowest BCUT2D eigenvalue weighted by Gasteiger charge is -2.25. The van der Waals surface area contributed by atoms with Crippen LogP contribution in [0.4, 0.5) is 17.5 Å². The highest BCUT2D eigenvalue weighted by Gasteiger charge is 2.25. The molecule has 3 aromatic heterocycles. The standard InChI is InChI=1S/C29H30N10O2/c1-5-26(40)39-13-12-38(11-10-19(39)3)29-30-16-23-27(34-29)28(32-17-31-23)33-20-6-9-25(18(2)14-20)41-21-7-8-24-22(15-21)35-36-37(24)4/h5-9,14-17,19H,1,10-13H2,2-4H3,(H,31,32,33)/t19-/m1/s1. The SMILES string of the molecule is C=CC(=O)N1CCN(c2ncc3ncnc(Nc4ccc(Oc5ccc6c(c5)nnn6C)c(C)c4)c3n2)CC[C@H]1C. The minimum Gasteiger partial charge on any atom is -0.457 e.